The quantitative estimate of drug-likeness (QED) is 0.748. The molecular formula is C14H23N3O3. The summed E-state index contributed by atoms with van der Waals surface area (Å²) in [5, 5.41) is 5.23. The first-order chi connectivity index (χ1) is 9.20. The Kier molecular flexibility index (Phi) is 3.52. The fourth-order valence-electron chi connectivity index (χ4n) is 2.92. The molecule has 0 aromatic heterocycles. The van der Waals surface area contributed by atoms with Crippen molar-refractivity contribution in [2.24, 2.45) is 16.7 Å². The largest absolute Gasteiger partial charge is 0.338 e. The van der Waals surface area contributed by atoms with Crippen LogP contribution >= 0.6 is 0 Å². The molecule has 0 aliphatic carbocycles. The van der Waals surface area contributed by atoms with Gasteiger partial charge in [0.25, 0.3) is 0 Å². The Bertz CT molecular complexity index is 435. The predicted molar refractivity (Wildman–Crippen MR) is 73.8 cm³/mol. The van der Waals surface area contributed by atoms with Crippen LogP contribution in [0.15, 0.2) is 0 Å². The van der Waals surface area contributed by atoms with Crippen molar-refractivity contribution in [1.82, 2.24) is 15.5 Å². The minimum atomic E-state index is -0.820. The highest BCUT2D eigenvalue weighted by Gasteiger charge is 2.66. The molecule has 2 fully saturated rings. The average molecular weight is 281 g/mol. The Morgan fingerprint density at radius 3 is 2.20 bits per heavy atom. The van der Waals surface area contributed by atoms with E-state index in [0.29, 0.717) is 12.5 Å². The first-order valence-electron chi connectivity index (χ1n) is 7.09. The second-order valence-electron chi connectivity index (χ2n) is 6.72. The van der Waals surface area contributed by atoms with Gasteiger partial charge in [-0.25, -0.2) is 4.79 Å². The summed E-state index contributed by atoms with van der Waals surface area (Å²) in [5.74, 6) is -0.0272. The molecule has 6 heteroatoms. The lowest BCUT2D eigenvalue weighted by Crippen LogP contribution is -2.43. The van der Waals surface area contributed by atoms with Crippen molar-refractivity contribution in [3.8, 4) is 0 Å². The van der Waals surface area contributed by atoms with Gasteiger partial charge in [-0.05, 0) is 26.2 Å². The molecule has 2 rings (SSSR count). The average Bonchev–Trinajstić information content (AvgIpc) is 2.71. The number of rotatable bonds is 3. The molecule has 112 valence electrons. The number of amides is 4. The van der Waals surface area contributed by atoms with Crippen molar-refractivity contribution in [1.29, 1.82) is 0 Å². The summed E-state index contributed by atoms with van der Waals surface area (Å²) in [6.07, 6.45) is 0.910. The number of likely N-dealkylation sites (tertiary alicyclic amines) is 1. The SMILES string of the molecule is CC(C)CCNC(=O)N1CC2(C)C(=O)NC(=O)C2(C)C1. The van der Waals surface area contributed by atoms with E-state index in [9.17, 15) is 14.4 Å². The van der Waals surface area contributed by atoms with Crippen molar-refractivity contribution in [2.45, 2.75) is 34.1 Å². The lowest BCUT2D eigenvalue weighted by molar-refractivity contribution is -0.128. The Labute approximate surface area is 119 Å². The molecule has 2 N–H and O–H groups in total. The van der Waals surface area contributed by atoms with Crippen LogP contribution in [0.4, 0.5) is 4.79 Å². The Hall–Kier alpha value is -1.59. The third-order valence-corrected chi connectivity index (χ3v) is 4.75. The Balaban J connectivity index is 2.03. The molecule has 2 unspecified atom stereocenters. The molecule has 0 radical (unpaired) electrons. The zero-order valence-electron chi connectivity index (χ0n) is 12.6. The third kappa shape index (κ3) is 2.07. The second kappa shape index (κ2) is 4.75. The molecular weight excluding hydrogens is 258 g/mol. The fraction of sp³-hybridized carbons (Fsp3) is 0.786. The van der Waals surface area contributed by atoms with E-state index in [1.54, 1.807) is 18.7 Å². The summed E-state index contributed by atoms with van der Waals surface area (Å²) < 4.78 is 0. The van der Waals surface area contributed by atoms with E-state index in [-0.39, 0.29) is 30.9 Å². The maximum absolute atomic E-state index is 12.1. The van der Waals surface area contributed by atoms with Crippen molar-refractivity contribution < 1.29 is 14.4 Å². The summed E-state index contributed by atoms with van der Waals surface area (Å²) in [6.45, 7) is 8.89. The van der Waals surface area contributed by atoms with Gasteiger partial charge in [-0.2, -0.15) is 0 Å². The monoisotopic (exact) mass is 281 g/mol. The summed E-state index contributed by atoms with van der Waals surface area (Å²) in [5.41, 5.74) is -1.64. The lowest BCUT2D eigenvalue weighted by Gasteiger charge is -2.25. The van der Waals surface area contributed by atoms with E-state index in [0.717, 1.165) is 6.42 Å². The molecule has 6 nitrogen and oxygen atoms in total. The van der Waals surface area contributed by atoms with Crippen LogP contribution in [0.25, 0.3) is 0 Å². The van der Waals surface area contributed by atoms with Crippen LogP contribution in [-0.4, -0.2) is 42.4 Å². The van der Waals surface area contributed by atoms with Crippen LogP contribution in [0.3, 0.4) is 0 Å². The van der Waals surface area contributed by atoms with E-state index >= 15 is 0 Å². The first-order valence-corrected chi connectivity index (χ1v) is 7.09. The van der Waals surface area contributed by atoms with Crippen molar-refractivity contribution in [3.63, 3.8) is 0 Å². The number of urea groups is 1. The molecule has 2 aliphatic rings. The zero-order valence-corrected chi connectivity index (χ0v) is 12.6. The topological polar surface area (TPSA) is 78.5 Å². The molecule has 2 saturated heterocycles. The number of nitrogens with zero attached hydrogens (tertiary/aromatic N) is 1. The van der Waals surface area contributed by atoms with Gasteiger partial charge < -0.3 is 10.2 Å². The van der Waals surface area contributed by atoms with E-state index in [2.05, 4.69) is 24.5 Å². The van der Waals surface area contributed by atoms with Crippen LogP contribution < -0.4 is 10.6 Å². The van der Waals surface area contributed by atoms with Gasteiger partial charge in [0.2, 0.25) is 11.8 Å². The smallest absolute Gasteiger partial charge is 0.317 e. The highest BCUT2D eigenvalue weighted by atomic mass is 16.2. The zero-order chi connectivity index (χ0) is 15.1. The normalized spacial score (nSPS) is 32.5. The van der Waals surface area contributed by atoms with Gasteiger partial charge in [-0.3, -0.25) is 14.9 Å². The van der Waals surface area contributed by atoms with E-state index in [1.165, 1.54) is 0 Å². The van der Waals surface area contributed by atoms with E-state index in [1.807, 2.05) is 0 Å². The van der Waals surface area contributed by atoms with Crippen LogP contribution in [0.2, 0.25) is 0 Å². The molecule has 0 aromatic rings. The highest BCUT2D eigenvalue weighted by Crippen LogP contribution is 2.49. The predicted octanol–water partition coefficient (Wildman–Crippen LogP) is 0.727. The number of carbonyl (C=O) groups excluding carboxylic acids is 3. The van der Waals surface area contributed by atoms with Crippen molar-refractivity contribution >= 4 is 17.8 Å². The lowest BCUT2D eigenvalue weighted by atomic mass is 9.70. The van der Waals surface area contributed by atoms with Crippen LogP contribution in [0.1, 0.15) is 34.1 Å². The van der Waals surface area contributed by atoms with Gasteiger partial charge in [-0.15, -0.1) is 0 Å². The molecule has 2 heterocycles. The number of hydrogen-bond donors (Lipinski definition) is 2. The van der Waals surface area contributed by atoms with Crippen molar-refractivity contribution in [2.75, 3.05) is 19.6 Å². The number of carbonyl (C=O) groups is 3. The number of nitrogens with one attached hydrogen (secondary N) is 2. The number of imide groups is 1. The summed E-state index contributed by atoms with van der Waals surface area (Å²) >= 11 is 0. The van der Waals surface area contributed by atoms with Gasteiger partial charge in [0.05, 0.1) is 10.8 Å². The first kappa shape index (κ1) is 14.8. The molecule has 2 atom stereocenters. The maximum atomic E-state index is 12.1. The molecule has 20 heavy (non-hydrogen) atoms. The Morgan fingerprint density at radius 1 is 1.25 bits per heavy atom. The number of fused-ring (bicyclic) bond motifs is 1. The van der Waals surface area contributed by atoms with Gasteiger partial charge in [0.15, 0.2) is 0 Å². The highest BCUT2D eigenvalue weighted by molar-refractivity contribution is 6.10. The molecule has 0 bridgehead atoms. The minimum Gasteiger partial charge on any atom is -0.338 e. The van der Waals surface area contributed by atoms with E-state index < -0.39 is 10.8 Å². The minimum absolute atomic E-state index is 0.192. The Morgan fingerprint density at radius 2 is 1.75 bits per heavy atom. The van der Waals surface area contributed by atoms with Gasteiger partial charge >= 0.3 is 6.03 Å². The fourth-order valence-corrected chi connectivity index (χ4v) is 2.92. The molecule has 0 spiro atoms. The maximum Gasteiger partial charge on any atom is 0.317 e. The summed E-state index contributed by atoms with van der Waals surface area (Å²) in [4.78, 5) is 37.7. The van der Waals surface area contributed by atoms with Crippen molar-refractivity contribution in [3.05, 3.63) is 0 Å². The number of hydrogen-bond acceptors (Lipinski definition) is 3. The molecule has 2 aliphatic heterocycles. The molecule has 4 amide bonds. The van der Waals surface area contributed by atoms with E-state index in [4.69, 9.17) is 0 Å². The standard InChI is InChI=1S/C14H23N3O3/c1-9(2)5-6-15-12(20)17-7-13(3)10(18)16-11(19)14(13,4)8-17/h9H,5-8H2,1-4H3,(H,15,20)(H,16,18,19). The van der Waals surface area contributed by atoms with Crippen LogP contribution in [-0.2, 0) is 9.59 Å². The van der Waals surface area contributed by atoms with Gasteiger partial charge in [-0.1, -0.05) is 13.8 Å². The summed E-state index contributed by atoms with van der Waals surface area (Å²) in [7, 11) is 0. The van der Waals surface area contributed by atoms with Gasteiger partial charge in [0.1, 0.15) is 0 Å². The molecule has 0 aromatic carbocycles. The van der Waals surface area contributed by atoms with Crippen LogP contribution in [0.5, 0.6) is 0 Å². The third-order valence-electron chi connectivity index (χ3n) is 4.75. The van der Waals surface area contributed by atoms with Gasteiger partial charge in [0, 0.05) is 19.6 Å². The molecule has 0 saturated carbocycles. The summed E-state index contributed by atoms with van der Waals surface area (Å²) in [6, 6.07) is -0.192. The second-order valence-corrected chi connectivity index (χ2v) is 6.72. The van der Waals surface area contributed by atoms with Crippen LogP contribution in [0, 0.1) is 16.7 Å².